The molecule has 1 amide bonds. The number of hydrogen-bond donors (Lipinski definition) is 0. The van der Waals surface area contributed by atoms with Crippen molar-refractivity contribution in [1.29, 1.82) is 0 Å². The number of benzene rings is 1. The fourth-order valence-electron chi connectivity index (χ4n) is 4.42. The number of amides is 1. The van der Waals surface area contributed by atoms with Crippen molar-refractivity contribution in [1.82, 2.24) is 9.80 Å². The highest BCUT2D eigenvalue weighted by molar-refractivity contribution is 5.94. The van der Waals surface area contributed by atoms with Crippen LogP contribution in [0.3, 0.4) is 0 Å². The summed E-state index contributed by atoms with van der Waals surface area (Å²) in [6, 6.07) is 6.08. The van der Waals surface area contributed by atoms with Crippen LogP contribution < -0.4 is 0 Å². The molecule has 2 fully saturated rings. The Bertz CT molecular complexity index is 785. The van der Waals surface area contributed by atoms with Crippen LogP contribution in [-0.4, -0.2) is 41.9 Å². The molecule has 4 nitrogen and oxygen atoms in total. The van der Waals surface area contributed by atoms with Gasteiger partial charge in [-0.25, -0.2) is 8.78 Å². The summed E-state index contributed by atoms with van der Waals surface area (Å²) in [5.41, 5.74) is 1.04. The van der Waals surface area contributed by atoms with E-state index in [1.807, 2.05) is 4.90 Å². The maximum atomic E-state index is 13.9. The zero-order valence-electron chi connectivity index (χ0n) is 15.2. The van der Waals surface area contributed by atoms with Crippen LogP contribution >= 0.6 is 0 Å². The first-order chi connectivity index (χ1) is 13.1. The normalized spacial score (nSPS) is 21.7. The SMILES string of the molecule is O=C(c1ccoc1)N1CCC(C2CCN(Cc3cccc(F)c3F)CC2)C1. The predicted octanol–water partition coefficient (Wildman–Crippen LogP) is 3.93. The van der Waals surface area contributed by atoms with Crippen LogP contribution in [0.15, 0.2) is 41.2 Å². The summed E-state index contributed by atoms with van der Waals surface area (Å²) in [6.45, 7) is 3.81. The lowest BCUT2D eigenvalue weighted by Gasteiger charge is -2.35. The zero-order chi connectivity index (χ0) is 18.8. The molecular formula is C21H24F2N2O2. The van der Waals surface area contributed by atoms with Crippen molar-refractivity contribution in [2.75, 3.05) is 26.2 Å². The van der Waals surface area contributed by atoms with Gasteiger partial charge in [-0.2, -0.15) is 0 Å². The number of likely N-dealkylation sites (tertiary alicyclic amines) is 2. The first kappa shape index (κ1) is 18.2. The second-order valence-corrected chi connectivity index (χ2v) is 7.64. The number of carbonyl (C=O) groups excluding carboxylic acids is 1. The van der Waals surface area contributed by atoms with Gasteiger partial charge in [0.2, 0.25) is 0 Å². The van der Waals surface area contributed by atoms with Crippen molar-refractivity contribution in [2.24, 2.45) is 11.8 Å². The van der Waals surface area contributed by atoms with Gasteiger partial charge in [0.15, 0.2) is 11.6 Å². The molecule has 2 aromatic rings. The quantitative estimate of drug-likeness (QED) is 0.814. The topological polar surface area (TPSA) is 36.7 Å². The summed E-state index contributed by atoms with van der Waals surface area (Å²) in [4.78, 5) is 16.6. The number of carbonyl (C=O) groups is 1. The summed E-state index contributed by atoms with van der Waals surface area (Å²) in [7, 11) is 0. The zero-order valence-corrected chi connectivity index (χ0v) is 15.2. The van der Waals surface area contributed by atoms with E-state index in [0.717, 1.165) is 51.5 Å². The standard InChI is InChI=1S/C21H24F2N2O2/c22-19-3-1-2-17(20(19)23)12-24-8-4-15(5-9-24)16-6-10-25(13-16)21(26)18-7-11-27-14-18/h1-3,7,11,14-16H,4-6,8-10,12-13H2. The number of hydrogen-bond acceptors (Lipinski definition) is 3. The van der Waals surface area contributed by atoms with Crippen LogP contribution in [-0.2, 0) is 6.54 Å². The number of piperidine rings is 1. The number of nitrogens with zero attached hydrogens (tertiary/aromatic N) is 2. The minimum atomic E-state index is -0.782. The molecule has 1 aromatic heterocycles. The molecular weight excluding hydrogens is 350 g/mol. The van der Waals surface area contributed by atoms with Crippen molar-refractivity contribution in [3.8, 4) is 0 Å². The average Bonchev–Trinajstić information content (AvgIpc) is 3.38. The Kier molecular flexibility index (Phi) is 5.25. The maximum absolute atomic E-state index is 13.9. The first-order valence-corrected chi connectivity index (χ1v) is 9.58. The predicted molar refractivity (Wildman–Crippen MR) is 97.1 cm³/mol. The van der Waals surface area contributed by atoms with Gasteiger partial charge in [-0.15, -0.1) is 0 Å². The molecule has 6 heteroatoms. The molecule has 1 unspecified atom stereocenters. The third-order valence-corrected chi connectivity index (χ3v) is 6.00. The van der Waals surface area contributed by atoms with E-state index in [4.69, 9.17) is 4.42 Å². The molecule has 3 heterocycles. The first-order valence-electron chi connectivity index (χ1n) is 9.58. The largest absolute Gasteiger partial charge is 0.472 e. The van der Waals surface area contributed by atoms with Gasteiger partial charge in [-0.3, -0.25) is 9.69 Å². The molecule has 0 bridgehead atoms. The lowest BCUT2D eigenvalue weighted by Crippen LogP contribution is -2.37. The fraction of sp³-hybridized carbons (Fsp3) is 0.476. The third kappa shape index (κ3) is 3.90. The van der Waals surface area contributed by atoms with Crippen LogP contribution in [0.5, 0.6) is 0 Å². The monoisotopic (exact) mass is 374 g/mol. The minimum Gasteiger partial charge on any atom is -0.472 e. The fourth-order valence-corrected chi connectivity index (χ4v) is 4.42. The Hall–Kier alpha value is -2.21. The minimum absolute atomic E-state index is 0.0465. The van der Waals surface area contributed by atoms with Crippen molar-refractivity contribution >= 4 is 5.91 Å². The second kappa shape index (κ2) is 7.80. The highest BCUT2D eigenvalue weighted by Crippen LogP contribution is 2.33. The highest BCUT2D eigenvalue weighted by Gasteiger charge is 2.34. The molecule has 2 aliphatic rings. The summed E-state index contributed by atoms with van der Waals surface area (Å²) in [5.74, 6) is -0.362. The van der Waals surface area contributed by atoms with Gasteiger partial charge < -0.3 is 9.32 Å². The van der Waals surface area contributed by atoms with Crippen LogP contribution in [0.25, 0.3) is 0 Å². The number of rotatable bonds is 4. The molecule has 0 saturated carbocycles. The van der Waals surface area contributed by atoms with Gasteiger partial charge in [-0.05, 0) is 56.3 Å². The van der Waals surface area contributed by atoms with Crippen LogP contribution in [0.2, 0.25) is 0 Å². The molecule has 2 aliphatic heterocycles. The van der Waals surface area contributed by atoms with Crippen molar-refractivity contribution in [2.45, 2.75) is 25.8 Å². The van der Waals surface area contributed by atoms with Gasteiger partial charge in [0, 0.05) is 25.2 Å². The lowest BCUT2D eigenvalue weighted by atomic mass is 9.83. The Morgan fingerprint density at radius 1 is 1.07 bits per heavy atom. The van der Waals surface area contributed by atoms with Gasteiger partial charge in [0.25, 0.3) is 5.91 Å². The average molecular weight is 374 g/mol. The van der Waals surface area contributed by atoms with Gasteiger partial charge in [0.1, 0.15) is 6.26 Å². The van der Waals surface area contributed by atoms with Crippen molar-refractivity contribution < 1.29 is 18.0 Å². The second-order valence-electron chi connectivity index (χ2n) is 7.64. The molecule has 4 rings (SSSR count). The van der Waals surface area contributed by atoms with Gasteiger partial charge in [0.05, 0.1) is 11.8 Å². The van der Waals surface area contributed by atoms with E-state index in [1.165, 1.54) is 12.5 Å². The van der Waals surface area contributed by atoms with Crippen molar-refractivity contribution in [3.63, 3.8) is 0 Å². The summed E-state index contributed by atoms with van der Waals surface area (Å²) >= 11 is 0. The van der Waals surface area contributed by atoms with E-state index in [0.29, 0.717) is 29.5 Å². The number of halogens is 2. The van der Waals surface area contributed by atoms with E-state index in [-0.39, 0.29) is 5.91 Å². The molecule has 1 aromatic carbocycles. The van der Waals surface area contributed by atoms with Crippen molar-refractivity contribution in [3.05, 3.63) is 59.6 Å². The van der Waals surface area contributed by atoms with E-state index < -0.39 is 11.6 Å². The van der Waals surface area contributed by atoms with E-state index in [1.54, 1.807) is 18.2 Å². The summed E-state index contributed by atoms with van der Waals surface area (Å²) < 4.78 is 32.3. The molecule has 0 N–H and O–H groups in total. The molecule has 2 saturated heterocycles. The lowest BCUT2D eigenvalue weighted by molar-refractivity contribution is 0.0772. The Labute approximate surface area is 157 Å². The molecule has 0 spiro atoms. The summed E-state index contributed by atoms with van der Waals surface area (Å²) in [6.07, 6.45) is 6.13. The van der Waals surface area contributed by atoms with E-state index in [2.05, 4.69) is 4.90 Å². The van der Waals surface area contributed by atoms with Gasteiger partial charge >= 0.3 is 0 Å². The highest BCUT2D eigenvalue weighted by atomic mass is 19.2. The van der Waals surface area contributed by atoms with Gasteiger partial charge in [-0.1, -0.05) is 12.1 Å². The summed E-state index contributed by atoms with van der Waals surface area (Å²) in [5, 5.41) is 0. The van der Waals surface area contributed by atoms with Crippen LogP contribution in [0.4, 0.5) is 8.78 Å². The Morgan fingerprint density at radius 2 is 1.85 bits per heavy atom. The third-order valence-electron chi connectivity index (χ3n) is 6.00. The van der Waals surface area contributed by atoms with Crippen LogP contribution in [0.1, 0.15) is 35.2 Å². The van der Waals surface area contributed by atoms with E-state index >= 15 is 0 Å². The Morgan fingerprint density at radius 3 is 2.59 bits per heavy atom. The smallest absolute Gasteiger partial charge is 0.257 e. The Balaban J connectivity index is 1.28. The van der Waals surface area contributed by atoms with Crippen LogP contribution in [0, 0.1) is 23.5 Å². The molecule has 144 valence electrons. The molecule has 0 radical (unpaired) electrons. The number of furan rings is 1. The van der Waals surface area contributed by atoms with E-state index in [9.17, 15) is 13.6 Å². The maximum Gasteiger partial charge on any atom is 0.257 e. The molecule has 1 atom stereocenters. The molecule has 27 heavy (non-hydrogen) atoms. The molecule has 0 aliphatic carbocycles.